The fourth-order valence-electron chi connectivity index (χ4n) is 2.74. The van der Waals surface area contributed by atoms with Crippen molar-refractivity contribution in [3.63, 3.8) is 0 Å². The number of hydrogen-bond acceptors (Lipinski definition) is 4. The van der Waals surface area contributed by atoms with Gasteiger partial charge in [-0.1, -0.05) is 0 Å². The fourth-order valence-corrected chi connectivity index (χ4v) is 2.74. The second kappa shape index (κ2) is 6.09. The lowest BCUT2D eigenvalue weighted by atomic mass is 10.1. The van der Waals surface area contributed by atoms with Crippen LogP contribution in [0.2, 0.25) is 0 Å². The number of nitrogens with one attached hydrogen (secondary N) is 1. The van der Waals surface area contributed by atoms with Gasteiger partial charge in [0.05, 0.1) is 0 Å². The first-order valence-corrected chi connectivity index (χ1v) is 7.38. The number of carbonyl (C=O) groups is 1. The third kappa shape index (κ3) is 4.35. The Hall–Kier alpha value is -0.810. The van der Waals surface area contributed by atoms with Crippen LogP contribution >= 0.6 is 0 Å². The smallest absolute Gasteiger partial charge is 0.410 e. The van der Waals surface area contributed by atoms with E-state index in [9.17, 15) is 4.79 Å². The minimum absolute atomic E-state index is 0.172. The zero-order valence-corrected chi connectivity index (χ0v) is 12.4. The molecule has 19 heavy (non-hydrogen) atoms. The highest BCUT2D eigenvalue weighted by Gasteiger charge is 2.29. The zero-order valence-electron chi connectivity index (χ0n) is 12.4. The van der Waals surface area contributed by atoms with Crippen LogP contribution in [0.5, 0.6) is 0 Å². The summed E-state index contributed by atoms with van der Waals surface area (Å²) in [6, 6.07) is 0.648. The van der Waals surface area contributed by atoms with Crippen LogP contribution in [-0.2, 0) is 4.74 Å². The number of piperidine rings is 1. The lowest BCUT2D eigenvalue weighted by Crippen LogP contribution is -2.55. The van der Waals surface area contributed by atoms with Crippen LogP contribution in [-0.4, -0.2) is 66.8 Å². The zero-order chi connectivity index (χ0) is 13.9. The first kappa shape index (κ1) is 14.6. The van der Waals surface area contributed by atoms with Gasteiger partial charge in [0.2, 0.25) is 0 Å². The Morgan fingerprint density at radius 1 is 1.21 bits per heavy atom. The largest absolute Gasteiger partial charge is 0.444 e. The molecule has 2 aliphatic rings. The predicted molar refractivity (Wildman–Crippen MR) is 75.3 cm³/mol. The summed E-state index contributed by atoms with van der Waals surface area (Å²) in [6.45, 7) is 11.5. The van der Waals surface area contributed by atoms with Crippen LogP contribution < -0.4 is 5.32 Å². The average Bonchev–Trinajstić information content (AvgIpc) is 2.38. The summed E-state index contributed by atoms with van der Waals surface area (Å²) in [6.07, 6.45) is 2.37. The molecule has 110 valence electrons. The molecule has 0 radical (unpaired) electrons. The lowest BCUT2D eigenvalue weighted by molar-refractivity contribution is 0.00907. The van der Waals surface area contributed by atoms with E-state index >= 15 is 0 Å². The first-order valence-electron chi connectivity index (χ1n) is 7.38. The van der Waals surface area contributed by atoms with Crippen molar-refractivity contribution in [2.45, 2.75) is 45.3 Å². The van der Waals surface area contributed by atoms with Crippen LogP contribution in [0.3, 0.4) is 0 Å². The molecule has 2 saturated heterocycles. The number of rotatable bonds is 1. The fraction of sp³-hybridized carbons (Fsp3) is 0.929. The van der Waals surface area contributed by atoms with Gasteiger partial charge in [-0.25, -0.2) is 4.79 Å². The van der Waals surface area contributed by atoms with Gasteiger partial charge >= 0.3 is 6.09 Å². The summed E-state index contributed by atoms with van der Waals surface area (Å²) in [5, 5.41) is 3.45. The summed E-state index contributed by atoms with van der Waals surface area (Å²) >= 11 is 0. The van der Waals surface area contributed by atoms with Crippen molar-refractivity contribution >= 4 is 6.09 Å². The molecule has 0 aromatic carbocycles. The van der Waals surface area contributed by atoms with Gasteiger partial charge in [0.1, 0.15) is 5.60 Å². The standard InChI is InChI=1S/C14H27N3O2/c1-14(2,3)19-13(18)17-9-7-16(8-10-17)12-5-4-6-15-11-12/h12,15H,4-11H2,1-3H3/t12-/m0/s1. The molecular formula is C14H27N3O2. The molecule has 2 aliphatic heterocycles. The summed E-state index contributed by atoms with van der Waals surface area (Å²) in [5.41, 5.74) is -0.401. The summed E-state index contributed by atoms with van der Waals surface area (Å²) in [7, 11) is 0. The highest BCUT2D eigenvalue weighted by Crippen LogP contribution is 2.15. The molecular weight excluding hydrogens is 242 g/mol. The maximum Gasteiger partial charge on any atom is 0.410 e. The SMILES string of the molecule is CC(C)(C)OC(=O)N1CCN([C@H]2CCCNC2)CC1. The molecule has 5 nitrogen and oxygen atoms in total. The van der Waals surface area contributed by atoms with E-state index < -0.39 is 5.60 Å². The molecule has 0 unspecified atom stereocenters. The molecule has 0 spiro atoms. The van der Waals surface area contributed by atoms with Gasteiger partial charge in [0.25, 0.3) is 0 Å². The second-order valence-corrected chi connectivity index (χ2v) is 6.50. The van der Waals surface area contributed by atoms with Gasteiger partial charge in [-0.2, -0.15) is 0 Å². The second-order valence-electron chi connectivity index (χ2n) is 6.50. The number of ether oxygens (including phenoxy) is 1. The predicted octanol–water partition coefficient (Wildman–Crippen LogP) is 1.29. The molecule has 2 rings (SSSR count). The maximum atomic E-state index is 12.0. The Morgan fingerprint density at radius 2 is 1.89 bits per heavy atom. The van der Waals surface area contributed by atoms with Gasteiger partial charge in [0.15, 0.2) is 0 Å². The first-order chi connectivity index (χ1) is 8.96. The number of piperazine rings is 1. The monoisotopic (exact) mass is 269 g/mol. The van der Waals surface area contributed by atoms with Crippen molar-refractivity contribution < 1.29 is 9.53 Å². The van der Waals surface area contributed by atoms with Gasteiger partial charge in [-0.15, -0.1) is 0 Å². The van der Waals surface area contributed by atoms with Crippen molar-refractivity contribution in [2.75, 3.05) is 39.3 Å². The molecule has 5 heteroatoms. The molecule has 1 atom stereocenters. The number of carbonyl (C=O) groups excluding carboxylic acids is 1. The third-order valence-corrected chi connectivity index (χ3v) is 3.75. The van der Waals surface area contributed by atoms with E-state index in [1.807, 2.05) is 25.7 Å². The minimum atomic E-state index is -0.401. The van der Waals surface area contributed by atoms with Gasteiger partial charge in [0, 0.05) is 38.8 Å². The number of nitrogens with zero attached hydrogens (tertiary/aromatic N) is 2. The van der Waals surface area contributed by atoms with Crippen LogP contribution in [0.25, 0.3) is 0 Å². The summed E-state index contributed by atoms with van der Waals surface area (Å²) < 4.78 is 5.41. The van der Waals surface area contributed by atoms with Crippen molar-refractivity contribution in [1.82, 2.24) is 15.1 Å². The highest BCUT2D eigenvalue weighted by atomic mass is 16.6. The quantitative estimate of drug-likeness (QED) is 0.779. The number of amides is 1. The molecule has 2 fully saturated rings. The Bertz CT molecular complexity index is 300. The van der Waals surface area contributed by atoms with E-state index in [-0.39, 0.29) is 6.09 Å². The normalized spacial score (nSPS) is 26.3. The number of hydrogen-bond donors (Lipinski definition) is 1. The average molecular weight is 269 g/mol. The molecule has 1 N–H and O–H groups in total. The van der Waals surface area contributed by atoms with Crippen molar-refractivity contribution in [1.29, 1.82) is 0 Å². The van der Waals surface area contributed by atoms with E-state index in [2.05, 4.69) is 10.2 Å². The topological polar surface area (TPSA) is 44.8 Å². The van der Waals surface area contributed by atoms with E-state index in [1.165, 1.54) is 12.8 Å². The molecule has 0 aromatic rings. The van der Waals surface area contributed by atoms with Gasteiger partial charge in [-0.3, -0.25) is 4.90 Å². The maximum absolute atomic E-state index is 12.0. The summed E-state index contributed by atoms with van der Waals surface area (Å²) in [4.78, 5) is 16.3. The molecule has 1 amide bonds. The summed E-state index contributed by atoms with van der Waals surface area (Å²) in [5.74, 6) is 0. The van der Waals surface area contributed by atoms with E-state index in [1.54, 1.807) is 0 Å². The van der Waals surface area contributed by atoms with E-state index in [4.69, 9.17) is 4.74 Å². The van der Waals surface area contributed by atoms with Gasteiger partial charge in [-0.05, 0) is 40.2 Å². The van der Waals surface area contributed by atoms with Crippen LogP contribution in [0, 0.1) is 0 Å². The van der Waals surface area contributed by atoms with Crippen molar-refractivity contribution in [2.24, 2.45) is 0 Å². The van der Waals surface area contributed by atoms with Crippen LogP contribution in [0.15, 0.2) is 0 Å². The Kier molecular flexibility index (Phi) is 4.68. The highest BCUT2D eigenvalue weighted by molar-refractivity contribution is 5.68. The Morgan fingerprint density at radius 3 is 2.42 bits per heavy atom. The van der Waals surface area contributed by atoms with Crippen molar-refractivity contribution in [3.05, 3.63) is 0 Å². The van der Waals surface area contributed by atoms with Crippen molar-refractivity contribution in [3.8, 4) is 0 Å². The third-order valence-electron chi connectivity index (χ3n) is 3.75. The molecule has 0 saturated carbocycles. The Labute approximate surface area is 116 Å². The van der Waals surface area contributed by atoms with Gasteiger partial charge < -0.3 is 15.0 Å². The Balaban J connectivity index is 1.77. The molecule has 0 aromatic heterocycles. The minimum Gasteiger partial charge on any atom is -0.444 e. The van der Waals surface area contributed by atoms with Crippen LogP contribution in [0.1, 0.15) is 33.6 Å². The lowest BCUT2D eigenvalue weighted by Gasteiger charge is -2.41. The van der Waals surface area contributed by atoms with E-state index in [0.29, 0.717) is 6.04 Å². The van der Waals surface area contributed by atoms with E-state index in [0.717, 1.165) is 39.3 Å². The molecule has 2 heterocycles. The molecule has 0 aliphatic carbocycles. The van der Waals surface area contributed by atoms with Crippen LogP contribution in [0.4, 0.5) is 4.79 Å². The molecule has 0 bridgehead atoms.